The van der Waals surface area contributed by atoms with Gasteiger partial charge in [0.2, 0.25) is 0 Å². The fourth-order valence-corrected chi connectivity index (χ4v) is 1.88. The van der Waals surface area contributed by atoms with Gasteiger partial charge in [-0.1, -0.05) is 18.2 Å². The molecule has 0 saturated heterocycles. The van der Waals surface area contributed by atoms with Crippen LogP contribution in [-0.2, 0) is 13.1 Å². The summed E-state index contributed by atoms with van der Waals surface area (Å²) in [6, 6.07) is 12.1. The van der Waals surface area contributed by atoms with E-state index in [2.05, 4.69) is 20.4 Å². The zero-order valence-corrected chi connectivity index (χ0v) is 10.5. The van der Waals surface area contributed by atoms with Gasteiger partial charge < -0.3 is 10.3 Å². The number of imidazole rings is 1. The zero-order valence-electron chi connectivity index (χ0n) is 10.5. The largest absolute Gasteiger partial charge is 0.348 e. The first-order valence-corrected chi connectivity index (χ1v) is 6.21. The number of nitrogens with one attached hydrogen (secondary N) is 2. The van der Waals surface area contributed by atoms with Crippen molar-refractivity contribution in [2.45, 2.75) is 13.1 Å². The molecule has 0 aliphatic heterocycles. The highest BCUT2D eigenvalue weighted by molar-refractivity contribution is 5.30. The topological polar surface area (TPSA) is 58.5 Å². The lowest BCUT2D eigenvalue weighted by atomic mass is 10.3. The van der Waals surface area contributed by atoms with Crippen LogP contribution in [0.3, 0.4) is 0 Å². The van der Waals surface area contributed by atoms with Crippen LogP contribution >= 0.6 is 0 Å². The van der Waals surface area contributed by atoms with Gasteiger partial charge in [-0.25, -0.2) is 9.67 Å². The quantitative estimate of drug-likeness (QED) is 0.730. The SMILES string of the molecule is c1ccc(-n2ccc(CNCc3ncc[nH]3)n2)cc1. The lowest BCUT2D eigenvalue weighted by Crippen LogP contribution is -2.14. The van der Waals surface area contributed by atoms with E-state index in [-0.39, 0.29) is 0 Å². The second-order valence-corrected chi connectivity index (χ2v) is 4.23. The fourth-order valence-electron chi connectivity index (χ4n) is 1.88. The molecular weight excluding hydrogens is 238 g/mol. The predicted octanol–water partition coefficient (Wildman–Crippen LogP) is 1.89. The van der Waals surface area contributed by atoms with Crippen LogP contribution in [0, 0.1) is 0 Å². The standard InChI is InChI=1S/C14H15N5/c1-2-4-13(5-3-1)19-9-6-12(18-19)10-15-11-14-16-7-8-17-14/h1-9,15H,10-11H2,(H,16,17). The summed E-state index contributed by atoms with van der Waals surface area (Å²) in [5, 5.41) is 7.82. The van der Waals surface area contributed by atoms with Crippen molar-refractivity contribution < 1.29 is 0 Å². The Morgan fingerprint density at radius 1 is 1.11 bits per heavy atom. The third kappa shape index (κ3) is 2.89. The van der Waals surface area contributed by atoms with Gasteiger partial charge in [0.1, 0.15) is 5.82 Å². The summed E-state index contributed by atoms with van der Waals surface area (Å²) >= 11 is 0. The van der Waals surface area contributed by atoms with Crippen molar-refractivity contribution >= 4 is 0 Å². The number of para-hydroxylation sites is 1. The molecule has 0 bridgehead atoms. The summed E-state index contributed by atoms with van der Waals surface area (Å²) < 4.78 is 1.88. The molecule has 96 valence electrons. The number of aromatic nitrogens is 4. The molecular formula is C14H15N5. The Morgan fingerprint density at radius 3 is 2.79 bits per heavy atom. The monoisotopic (exact) mass is 253 g/mol. The molecule has 0 fully saturated rings. The van der Waals surface area contributed by atoms with Crippen LogP contribution in [0.1, 0.15) is 11.5 Å². The smallest absolute Gasteiger partial charge is 0.120 e. The van der Waals surface area contributed by atoms with Crippen molar-refractivity contribution in [2.75, 3.05) is 0 Å². The maximum Gasteiger partial charge on any atom is 0.120 e. The summed E-state index contributed by atoms with van der Waals surface area (Å²) in [5.74, 6) is 0.933. The zero-order chi connectivity index (χ0) is 12.9. The van der Waals surface area contributed by atoms with E-state index in [1.165, 1.54) is 0 Å². The summed E-state index contributed by atoms with van der Waals surface area (Å²) in [7, 11) is 0. The van der Waals surface area contributed by atoms with E-state index in [4.69, 9.17) is 0 Å². The second-order valence-electron chi connectivity index (χ2n) is 4.23. The first-order chi connectivity index (χ1) is 9.42. The molecule has 0 amide bonds. The molecule has 5 heteroatoms. The summed E-state index contributed by atoms with van der Waals surface area (Å²) in [6.07, 6.45) is 5.54. The van der Waals surface area contributed by atoms with E-state index in [9.17, 15) is 0 Å². The van der Waals surface area contributed by atoms with Crippen molar-refractivity contribution in [3.63, 3.8) is 0 Å². The third-order valence-electron chi connectivity index (χ3n) is 2.82. The number of hydrogen-bond acceptors (Lipinski definition) is 3. The highest BCUT2D eigenvalue weighted by atomic mass is 15.3. The highest BCUT2D eigenvalue weighted by Gasteiger charge is 2.01. The van der Waals surface area contributed by atoms with Crippen molar-refractivity contribution in [1.29, 1.82) is 0 Å². The second kappa shape index (κ2) is 5.49. The maximum atomic E-state index is 4.52. The summed E-state index contributed by atoms with van der Waals surface area (Å²) in [6.45, 7) is 1.44. The van der Waals surface area contributed by atoms with E-state index < -0.39 is 0 Å². The van der Waals surface area contributed by atoms with Crippen LogP contribution in [0.5, 0.6) is 0 Å². The van der Waals surface area contributed by atoms with Gasteiger partial charge >= 0.3 is 0 Å². The average molecular weight is 253 g/mol. The molecule has 0 aliphatic rings. The molecule has 19 heavy (non-hydrogen) atoms. The van der Waals surface area contributed by atoms with Gasteiger partial charge in [0.25, 0.3) is 0 Å². The van der Waals surface area contributed by atoms with Crippen LogP contribution in [0.2, 0.25) is 0 Å². The lowest BCUT2D eigenvalue weighted by Gasteiger charge is -2.01. The molecule has 2 heterocycles. The Morgan fingerprint density at radius 2 is 2.00 bits per heavy atom. The Labute approximate surface area is 111 Å². The number of hydrogen-bond donors (Lipinski definition) is 2. The van der Waals surface area contributed by atoms with E-state index in [1.807, 2.05) is 53.5 Å². The average Bonchev–Trinajstić information content (AvgIpc) is 3.11. The summed E-state index contributed by atoms with van der Waals surface area (Å²) in [4.78, 5) is 7.21. The third-order valence-corrected chi connectivity index (χ3v) is 2.82. The molecule has 3 rings (SSSR count). The van der Waals surface area contributed by atoms with Crippen LogP contribution in [0.25, 0.3) is 5.69 Å². The minimum absolute atomic E-state index is 0.713. The summed E-state index contributed by atoms with van der Waals surface area (Å²) in [5.41, 5.74) is 2.08. The molecule has 2 N–H and O–H groups in total. The van der Waals surface area contributed by atoms with Gasteiger partial charge in [0, 0.05) is 25.1 Å². The van der Waals surface area contributed by atoms with Crippen molar-refractivity contribution in [1.82, 2.24) is 25.1 Å². The molecule has 0 spiro atoms. The van der Waals surface area contributed by atoms with Crippen molar-refractivity contribution in [3.05, 3.63) is 66.5 Å². The molecule has 0 radical (unpaired) electrons. The van der Waals surface area contributed by atoms with Gasteiger partial charge in [-0.3, -0.25) is 0 Å². The Hall–Kier alpha value is -2.40. The Kier molecular flexibility index (Phi) is 3.38. The normalized spacial score (nSPS) is 10.7. The Balaban J connectivity index is 1.59. The molecule has 0 saturated carbocycles. The number of rotatable bonds is 5. The molecule has 0 aliphatic carbocycles. The van der Waals surface area contributed by atoms with Crippen LogP contribution in [0.4, 0.5) is 0 Å². The van der Waals surface area contributed by atoms with Crippen molar-refractivity contribution in [3.8, 4) is 5.69 Å². The van der Waals surface area contributed by atoms with Gasteiger partial charge in [-0.05, 0) is 18.2 Å². The van der Waals surface area contributed by atoms with Gasteiger partial charge in [-0.15, -0.1) is 0 Å². The van der Waals surface area contributed by atoms with E-state index in [1.54, 1.807) is 6.20 Å². The molecule has 1 aromatic carbocycles. The van der Waals surface area contributed by atoms with E-state index >= 15 is 0 Å². The molecule has 3 aromatic rings. The van der Waals surface area contributed by atoms with Gasteiger partial charge in [0.15, 0.2) is 0 Å². The fraction of sp³-hybridized carbons (Fsp3) is 0.143. The predicted molar refractivity (Wildman–Crippen MR) is 72.7 cm³/mol. The van der Waals surface area contributed by atoms with E-state index in [0.29, 0.717) is 6.54 Å². The molecule has 5 nitrogen and oxygen atoms in total. The Bertz CT molecular complexity index is 612. The van der Waals surface area contributed by atoms with E-state index in [0.717, 1.165) is 23.8 Å². The first-order valence-electron chi connectivity index (χ1n) is 6.21. The van der Waals surface area contributed by atoms with Crippen LogP contribution in [-0.4, -0.2) is 19.7 Å². The lowest BCUT2D eigenvalue weighted by molar-refractivity contribution is 0.650. The van der Waals surface area contributed by atoms with Crippen LogP contribution < -0.4 is 5.32 Å². The van der Waals surface area contributed by atoms with Gasteiger partial charge in [0.05, 0.1) is 17.9 Å². The van der Waals surface area contributed by atoms with Gasteiger partial charge in [-0.2, -0.15) is 5.10 Å². The number of aromatic amines is 1. The first kappa shape index (κ1) is 11.7. The minimum atomic E-state index is 0.713. The maximum absolute atomic E-state index is 4.52. The molecule has 0 unspecified atom stereocenters. The van der Waals surface area contributed by atoms with Crippen molar-refractivity contribution in [2.24, 2.45) is 0 Å². The number of H-pyrrole nitrogens is 1. The number of benzene rings is 1. The number of nitrogens with zero attached hydrogens (tertiary/aromatic N) is 3. The van der Waals surface area contributed by atoms with Crippen LogP contribution in [0.15, 0.2) is 55.0 Å². The molecule has 0 atom stereocenters. The highest BCUT2D eigenvalue weighted by Crippen LogP contribution is 2.06. The minimum Gasteiger partial charge on any atom is -0.348 e. The molecule has 2 aromatic heterocycles.